The Labute approximate surface area is 233 Å². The molecule has 0 N–H and O–H groups in total. The molecule has 6 aromatic rings. The summed E-state index contributed by atoms with van der Waals surface area (Å²) in [6.07, 6.45) is 3.21. The van der Waals surface area contributed by atoms with Gasteiger partial charge in [-0.05, 0) is 36.8 Å². The minimum Gasteiger partial charge on any atom is -0.465 e. The van der Waals surface area contributed by atoms with Crippen molar-refractivity contribution in [3.63, 3.8) is 0 Å². The molecule has 0 fully saturated rings. The number of ether oxygens (including phenoxy) is 2. The fourth-order valence-corrected chi connectivity index (χ4v) is 4.73. The van der Waals surface area contributed by atoms with Gasteiger partial charge in [-0.1, -0.05) is 54.6 Å². The number of carbonyl (C=O) groups is 2. The SMILES string of the molecule is COC(=O)c1cc2cc(C)cnc2c(=O)c2ccccc12.COC(=O)c1cc2cccnc2c(=O)c2ccccc12. The van der Waals surface area contributed by atoms with E-state index in [-0.39, 0.29) is 10.9 Å². The highest BCUT2D eigenvalue weighted by atomic mass is 16.5. The Bertz CT molecular complexity index is 2130. The summed E-state index contributed by atoms with van der Waals surface area (Å²) in [7, 11) is 2.65. The molecule has 8 heteroatoms. The Hall–Kier alpha value is -5.50. The van der Waals surface area contributed by atoms with Gasteiger partial charge >= 0.3 is 11.9 Å². The molecule has 0 amide bonds. The summed E-state index contributed by atoms with van der Waals surface area (Å²) in [5.41, 5.74) is 1.98. The van der Waals surface area contributed by atoms with Crippen molar-refractivity contribution in [2.75, 3.05) is 14.2 Å². The fourth-order valence-electron chi connectivity index (χ4n) is 4.73. The van der Waals surface area contributed by atoms with Gasteiger partial charge in [0.05, 0.1) is 25.3 Å². The zero-order chi connectivity index (χ0) is 29.1. The van der Waals surface area contributed by atoms with Crippen LogP contribution < -0.4 is 10.9 Å². The molecular weight excluding hydrogens is 520 g/mol. The lowest BCUT2D eigenvalue weighted by atomic mass is 10.1. The van der Waals surface area contributed by atoms with E-state index in [0.717, 1.165) is 5.56 Å². The van der Waals surface area contributed by atoms with Gasteiger partial charge < -0.3 is 9.47 Å². The van der Waals surface area contributed by atoms with E-state index in [1.54, 1.807) is 85.2 Å². The number of esters is 2. The van der Waals surface area contributed by atoms with Crippen molar-refractivity contribution in [1.82, 2.24) is 9.97 Å². The average Bonchev–Trinajstić information content (AvgIpc) is 3.21. The maximum Gasteiger partial charge on any atom is 0.338 e. The second-order valence-corrected chi connectivity index (χ2v) is 9.24. The number of hydrogen-bond acceptors (Lipinski definition) is 8. The van der Waals surface area contributed by atoms with Crippen molar-refractivity contribution >= 4 is 55.3 Å². The molecule has 0 aliphatic carbocycles. The topological polar surface area (TPSA) is 113 Å². The van der Waals surface area contributed by atoms with Gasteiger partial charge in [-0.15, -0.1) is 0 Å². The first-order valence-electron chi connectivity index (χ1n) is 12.6. The van der Waals surface area contributed by atoms with Crippen LogP contribution in [0.2, 0.25) is 0 Å². The first kappa shape index (κ1) is 27.1. The summed E-state index contributed by atoms with van der Waals surface area (Å²) >= 11 is 0. The van der Waals surface area contributed by atoms with Crippen LogP contribution in [0.5, 0.6) is 0 Å². The normalized spacial score (nSPS) is 10.7. The van der Waals surface area contributed by atoms with Crippen molar-refractivity contribution in [3.8, 4) is 0 Å². The van der Waals surface area contributed by atoms with Crippen LogP contribution in [0, 0.1) is 6.92 Å². The number of nitrogens with zero attached hydrogens (tertiary/aromatic N) is 2. The molecule has 4 aromatic carbocycles. The van der Waals surface area contributed by atoms with E-state index in [1.165, 1.54) is 14.2 Å². The summed E-state index contributed by atoms with van der Waals surface area (Å²) in [5, 5.41) is 3.32. The van der Waals surface area contributed by atoms with Crippen LogP contribution in [0.3, 0.4) is 0 Å². The quantitative estimate of drug-likeness (QED) is 0.267. The molecule has 0 aliphatic heterocycles. The number of methoxy groups -OCH3 is 2. The summed E-state index contributed by atoms with van der Waals surface area (Å²) in [6, 6.07) is 22.6. The lowest BCUT2D eigenvalue weighted by molar-refractivity contribution is 0.0594. The largest absolute Gasteiger partial charge is 0.465 e. The number of rotatable bonds is 2. The highest BCUT2D eigenvalue weighted by molar-refractivity contribution is 6.08. The van der Waals surface area contributed by atoms with Crippen LogP contribution in [-0.2, 0) is 9.47 Å². The van der Waals surface area contributed by atoms with Crippen LogP contribution >= 0.6 is 0 Å². The number of aryl methyl sites for hydroxylation is 1. The first-order chi connectivity index (χ1) is 19.8. The Kier molecular flexibility index (Phi) is 7.47. The van der Waals surface area contributed by atoms with Gasteiger partial charge in [0.25, 0.3) is 0 Å². The lowest BCUT2D eigenvalue weighted by Gasteiger charge is -2.00. The van der Waals surface area contributed by atoms with Gasteiger partial charge in [-0.25, -0.2) is 9.59 Å². The van der Waals surface area contributed by atoms with E-state index in [4.69, 9.17) is 9.47 Å². The Morgan fingerprint density at radius 2 is 1.10 bits per heavy atom. The van der Waals surface area contributed by atoms with Gasteiger partial charge in [-0.2, -0.15) is 0 Å². The molecule has 41 heavy (non-hydrogen) atoms. The van der Waals surface area contributed by atoms with Gasteiger partial charge in [0, 0.05) is 44.7 Å². The molecule has 0 atom stereocenters. The van der Waals surface area contributed by atoms with Crippen LogP contribution in [0.4, 0.5) is 0 Å². The zero-order valence-corrected chi connectivity index (χ0v) is 22.5. The van der Waals surface area contributed by atoms with Crippen LogP contribution in [0.25, 0.3) is 43.4 Å². The third kappa shape index (κ3) is 5.10. The molecule has 0 unspecified atom stereocenters. The van der Waals surface area contributed by atoms with Crippen molar-refractivity contribution < 1.29 is 19.1 Å². The minimum absolute atomic E-state index is 0.184. The number of benzene rings is 2. The average molecular weight is 545 g/mol. The van der Waals surface area contributed by atoms with Crippen molar-refractivity contribution in [3.05, 3.63) is 128 Å². The van der Waals surface area contributed by atoms with Gasteiger partial charge in [-0.3, -0.25) is 19.6 Å². The molecule has 202 valence electrons. The number of hydrogen-bond donors (Lipinski definition) is 0. The van der Waals surface area contributed by atoms with Crippen molar-refractivity contribution in [2.24, 2.45) is 0 Å². The summed E-state index contributed by atoms with van der Waals surface area (Å²) < 4.78 is 9.66. The molecule has 6 rings (SSSR count). The standard InChI is InChI=1S/C17H13NO3.C16H11NO3/c1-10-7-11-8-14(17(20)21-2)12-5-3-4-6-13(12)16(19)15(11)18-9-10;1-20-16(19)13-9-10-5-4-8-17-14(10)15(18)12-7-3-2-6-11(12)13/h3-9H,1-2H3;2-9H,1H3. The third-order valence-corrected chi connectivity index (χ3v) is 6.66. The predicted molar refractivity (Wildman–Crippen MR) is 158 cm³/mol. The monoisotopic (exact) mass is 544 g/mol. The number of aromatic nitrogens is 2. The maximum absolute atomic E-state index is 12.6. The Balaban J connectivity index is 0.000000165. The van der Waals surface area contributed by atoms with Gasteiger partial charge in [0.2, 0.25) is 10.9 Å². The number of carbonyl (C=O) groups excluding carboxylic acids is 2. The summed E-state index contributed by atoms with van der Waals surface area (Å²) in [4.78, 5) is 57.6. The predicted octanol–water partition coefficient (Wildman–Crippen LogP) is 5.38. The second kappa shape index (κ2) is 11.3. The smallest absolute Gasteiger partial charge is 0.338 e. The van der Waals surface area contributed by atoms with E-state index >= 15 is 0 Å². The van der Waals surface area contributed by atoms with E-state index in [9.17, 15) is 19.2 Å². The molecule has 2 aromatic heterocycles. The summed E-state index contributed by atoms with van der Waals surface area (Å²) in [6.45, 7) is 1.89. The molecule has 0 bridgehead atoms. The highest BCUT2D eigenvalue weighted by Gasteiger charge is 2.15. The van der Waals surface area contributed by atoms with Crippen LogP contribution in [0.1, 0.15) is 26.3 Å². The minimum atomic E-state index is -0.470. The molecule has 0 spiro atoms. The van der Waals surface area contributed by atoms with E-state index < -0.39 is 11.9 Å². The molecule has 0 radical (unpaired) electrons. The number of pyridine rings is 2. The molecule has 8 nitrogen and oxygen atoms in total. The molecule has 0 saturated carbocycles. The Morgan fingerprint density at radius 3 is 1.63 bits per heavy atom. The maximum atomic E-state index is 12.6. The fraction of sp³-hybridized carbons (Fsp3) is 0.0909. The van der Waals surface area contributed by atoms with Crippen LogP contribution in [0.15, 0.2) is 101 Å². The van der Waals surface area contributed by atoms with Gasteiger partial charge in [0.1, 0.15) is 11.0 Å². The van der Waals surface area contributed by atoms with E-state index in [2.05, 4.69) is 9.97 Å². The van der Waals surface area contributed by atoms with Gasteiger partial charge in [0.15, 0.2) is 0 Å². The van der Waals surface area contributed by atoms with E-state index in [1.807, 2.05) is 13.0 Å². The molecule has 0 aliphatic rings. The second-order valence-electron chi connectivity index (χ2n) is 9.24. The van der Waals surface area contributed by atoms with Crippen molar-refractivity contribution in [1.29, 1.82) is 0 Å². The Morgan fingerprint density at radius 1 is 0.610 bits per heavy atom. The molecule has 0 saturated heterocycles. The van der Waals surface area contributed by atoms with Crippen molar-refractivity contribution in [2.45, 2.75) is 6.92 Å². The molecular formula is C33H24N2O6. The highest BCUT2D eigenvalue weighted by Crippen LogP contribution is 2.21. The lowest BCUT2D eigenvalue weighted by Crippen LogP contribution is -2.02. The summed E-state index contributed by atoms with van der Waals surface area (Å²) in [5.74, 6) is -0.938. The first-order valence-corrected chi connectivity index (χ1v) is 12.6. The molecule has 2 heterocycles. The zero-order valence-electron chi connectivity index (χ0n) is 22.5. The van der Waals surface area contributed by atoms with E-state index in [0.29, 0.717) is 54.5 Å². The van der Waals surface area contributed by atoms with Crippen LogP contribution in [-0.4, -0.2) is 36.1 Å². The number of fused-ring (bicyclic) bond motifs is 4. The third-order valence-electron chi connectivity index (χ3n) is 6.66.